The van der Waals surface area contributed by atoms with E-state index in [1.165, 1.54) is 17.8 Å². The molecule has 3 rings (SSSR count). The van der Waals surface area contributed by atoms with Gasteiger partial charge in [0.25, 0.3) is 0 Å². The Morgan fingerprint density at radius 1 is 1.43 bits per heavy atom. The topological polar surface area (TPSA) is 51.0 Å². The van der Waals surface area contributed by atoms with Crippen LogP contribution in [0.4, 0.5) is 4.39 Å². The molecule has 2 unspecified atom stereocenters. The summed E-state index contributed by atoms with van der Waals surface area (Å²) in [4.78, 5) is 5.07. The number of hydrogen-bond donors (Lipinski definition) is 1. The van der Waals surface area contributed by atoms with Crippen LogP contribution in [0.5, 0.6) is 0 Å². The molecule has 112 valence electrons. The Morgan fingerprint density at radius 2 is 2.29 bits per heavy atom. The van der Waals surface area contributed by atoms with E-state index >= 15 is 0 Å². The van der Waals surface area contributed by atoms with E-state index in [2.05, 4.69) is 22.4 Å². The van der Waals surface area contributed by atoms with Gasteiger partial charge in [0.1, 0.15) is 5.82 Å². The van der Waals surface area contributed by atoms with Crippen LogP contribution in [0.15, 0.2) is 33.7 Å². The maximum Gasteiger partial charge on any atom is 0.229 e. The Kier molecular flexibility index (Phi) is 4.55. The molecule has 2 heterocycles. The van der Waals surface area contributed by atoms with Crippen LogP contribution in [0.3, 0.4) is 0 Å². The number of aromatic nitrogens is 2. The monoisotopic (exact) mass is 307 g/mol. The molecule has 2 atom stereocenters. The average molecular weight is 307 g/mol. The molecule has 1 aliphatic heterocycles. The van der Waals surface area contributed by atoms with Gasteiger partial charge in [-0.05, 0) is 38.4 Å². The van der Waals surface area contributed by atoms with Gasteiger partial charge in [-0.1, -0.05) is 17.3 Å². The van der Waals surface area contributed by atoms with Crippen LogP contribution in [0, 0.1) is 5.82 Å². The van der Waals surface area contributed by atoms with Crippen LogP contribution in [0.25, 0.3) is 0 Å². The SMILES string of the molecule is CC1CC(c2nc(CSc3ccccc3F)no2)CCN1. The summed E-state index contributed by atoms with van der Waals surface area (Å²) in [6.45, 7) is 3.14. The molecule has 1 saturated heterocycles. The third kappa shape index (κ3) is 3.63. The van der Waals surface area contributed by atoms with Crippen molar-refractivity contribution < 1.29 is 8.91 Å². The first kappa shape index (κ1) is 14.5. The van der Waals surface area contributed by atoms with Crippen LogP contribution in [-0.2, 0) is 5.75 Å². The van der Waals surface area contributed by atoms with Crippen LogP contribution in [-0.4, -0.2) is 22.7 Å². The van der Waals surface area contributed by atoms with Crippen molar-refractivity contribution in [2.45, 2.75) is 42.4 Å². The van der Waals surface area contributed by atoms with E-state index in [1.807, 2.05) is 6.07 Å². The third-order valence-electron chi connectivity index (χ3n) is 3.65. The highest BCUT2D eigenvalue weighted by atomic mass is 32.2. The Morgan fingerprint density at radius 3 is 3.10 bits per heavy atom. The molecule has 2 aromatic rings. The summed E-state index contributed by atoms with van der Waals surface area (Å²) >= 11 is 1.39. The number of hydrogen-bond acceptors (Lipinski definition) is 5. The summed E-state index contributed by atoms with van der Waals surface area (Å²) in [7, 11) is 0. The molecule has 1 aromatic heterocycles. The summed E-state index contributed by atoms with van der Waals surface area (Å²) in [5.74, 6) is 1.99. The van der Waals surface area contributed by atoms with E-state index in [0.29, 0.717) is 34.3 Å². The van der Waals surface area contributed by atoms with Crippen molar-refractivity contribution in [1.29, 1.82) is 0 Å². The van der Waals surface area contributed by atoms with E-state index < -0.39 is 0 Å². The minimum atomic E-state index is -0.210. The number of nitrogens with one attached hydrogen (secondary N) is 1. The quantitative estimate of drug-likeness (QED) is 0.878. The lowest BCUT2D eigenvalue weighted by Gasteiger charge is -2.25. The Balaban J connectivity index is 1.61. The Bertz CT molecular complexity index is 604. The molecular formula is C15H18FN3OS. The number of piperidine rings is 1. The fourth-order valence-corrected chi connectivity index (χ4v) is 3.33. The Hall–Kier alpha value is -1.40. The Labute approximate surface area is 127 Å². The largest absolute Gasteiger partial charge is 0.339 e. The van der Waals surface area contributed by atoms with Gasteiger partial charge in [-0.15, -0.1) is 11.8 Å². The fourth-order valence-electron chi connectivity index (χ4n) is 2.55. The van der Waals surface area contributed by atoms with Crippen molar-refractivity contribution in [3.05, 3.63) is 41.8 Å². The molecule has 4 nitrogen and oxygen atoms in total. The maximum absolute atomic E-state index is 13.5. The van der Waals surface area contributed by atoms with Gasteiger partial charge >= 0.3 is 0 Å². The zero-order chi connectivity index (χ0) is 14.7. The fraction of sp³-hybridized carbons (Fsp3) is 0.467. The smallest absolute Gasteiger partial charge is 0.229 e. The lowest BCUT2D eigenvalue weighted by atomic mass is 9.93. The summed E-state index contributed by atoms with van der Waals surface area (Å²) in [5, 5.41) is 7.42. The lowest BCUT2D eigenvalue weighted by Crippen LogP contribution is -2.34. The van der Waals surface area contributed by atoms with Gasteiger partial charge in [-0.3, -0.25) is 0 Å². The summed E-state index contributed by atoms with van der Waals surface area (Å²) in [5.41, 5.74) is 0. The van der Waals surface area contributed by atoms with Crippen molar-refractivity contribution >= 4 is 11.8 Å². The van der Waals surface area contributed by atoms with Gasteiger partial charge < -0.3 is 9.84 Å². The van der Waals surface area contributed by atoms with Gasteiger partial charge in [0.2, 0.25) is 5.89 Å². The van der Waals surface area contributed by atoms with Gasteiger partial charge in [0, 0.05) is 16.9 Å². The van der Waals surface area contributed by atoms with Crippen LogP contribution >= 0.6 is 11.8 Å². The molecule has 0 bridgehead atoms. The summed E-state index contributed by atoms with van der Waals surface area (Å²) in [6, 6.07) is 7.20. The highest BCUT2D eigenvalue weighted by Crippen LogP contribution is 2.28. The number of benzene rings is 1. The number of thioether (sulfide) groups is 1. The zero-order valence-electron chi connectivity index (χ0n) is 11.9. The van der Waals surface area contributed by atoms with Crippen LogP contribution in [0.1, 0.15) is 37.4 Å². The molecule has 0 amide bonds. The minimum absolute atomic E-state index is 0.210. The molecule has 1 N–H and O–H groups in total. The number of rotatable bonds is 4. The van der Waals surface area contributed by atoms with Crippen molar-refractivity contribution in [3.8, 4) is 0 Å². The van der Waals surface area contributed by atoms with Gasteiger partial charge in [-0.2, -0.15) is 4.98 Å². The number of nitrogens with zero attached hydrogens (tertiary/aromatic N) is 2. The molecule has 0 spiro atoms. The van der Waals surface area contributed by atoms with E-state index in [-0.39, 0.29) is 5.82 Å². The zero-order valence-corrected chi connectivity index (χ0v) is 12.7. The molecule has 1 fully saturated rings. The van der Waals surface area contributed by atoms with Crippen LogP contribution in [0.2, 0.25) is 0 Å². The summed E-state index contributed by atoms with van der Waals surface area (Å²) in [6.07, 6.45) is 2.04. The number of halogens is 1. The van der Waals surface area contributed by atoms with E-state index in [9.17, 15) is 4.39 Å². The standard InChI is InChI=1S/C15H18FN3OS/c1-10-8-11(6-7-17-10)15-18-14(19-20-15)9-21-13-5-3-2-4-12(13)16/h2-5,10-11,17H,6-9H2,1H3. The molecule has 1 aromatic carbocycles. The molecule has 21 heavy (non-hydrogen) atoms. The second-order valence-corrected chi connectivity index (χ2v) is 6.36. The lowest BCUT2D eigenvalue weighted by molar-refractivity contribution is 0.294. The molecule has 0 radical (unpaired) electrons. The van der Waals surface area contributed by atoms with E-state index in [4.69, 9.17) is 4.52 Å². The van der Waals surface area contributed by atoms with Gasteiger partial charge in [-0.25, -0.2) is 4.39 Å². The predicted octanol–water partition coefficient (Wildman–Crippen LogP) is 3.36. The highest BCUT2D eigenvalue weighted by Gasteiger charge is 2.24. The van der Waals surface area contributed by atoms with E-state index in [1.54, 1.807) is 12.1 Å². The maximum atomic E-state index is 13.5. The average Bonchev–Trinajstić information content (AvgIpc) is 2.95. The van der Waals surface area contributed by atoms with Crippen LogP contribution < -0.4 is 5.32 Å². The van der Waals surface area contributed by atoms with Crippen molar-refractivity contribution in [2.24, 2.45) is 0 Å². The van der Waals surface area contributed by atoms with Crippen molar-refractivity contribution in [2.75, 3.05) is 6.54 Å². The second-order valence-electron chi connectivity index (χ2n) is 5.34. The summed E-state index contributed by atoms with van der Waals surface area (Å²) < 4.78 is 18.9. The molecule has 0 saturated carbocycles. The molecule has 1 aliphatic rings. The molecule has 6 heteroatoms. The predicted molar refractivity (Wildman–Crippen MR) is 79.7 cm³/mol. The minimum Gasteiger partial charge on any atom is -0.339 e. The first-order valence-electron chi connectivity index (χ1n) is 7.15. The molecular weight excluding hydrogens is 289 g/mol. The first-order chi connectivity index (χ1) is 10.2. The van der Waals surface area contributed by atoms with Gasteiger partial charge in [0.15, 0.2) is 5.82 Å². The third-order valence-corrected chi connectivity index (χ3v) is 4.69. The first-order valence-corrected chi connectivity index (χ1v) is 8.14. The normalized spacial score (nSPS) is 22.4. The van der Waals surface area contributed by atoms with E-state index in [0.717, 1.165) is 19.4 Å². The highest BCUT2D eigenvalue weighted by molar-refractivity contribution is 7.98. The second kappa shape index (κ2) is 6.58. The molecule has 0 aliphatic carbocycles. The van der Waals surface area contributed by atoms with Crippen molar-refractivity contribution in [1.82, 2.24) is 15.5 Å². The van der Waals surface area contributed by atoms with Crippen molar-refractivity contribution in [3.63, 3.8) is 0 Å². The van der Waals surface area contributed by atoms with Gasteiger partial charge in [0.05, 0.1) is 5.75 Å².